The van der Waals surface area contributed by atoms with Gasteiger partial charge in [0.2, 0.25) is 0 Å². The van der Waals surface area contributed by atoms with Crippen LogP contribution in [0.15, 0.2) is 66.7 Å². The van der Waals surface area contributed by atoms with Gasteiger partial charge in [-0.15, -0.1) is 0 Å². The first-order valence-corrected chi connectivity index (χ1v) is 6.62. The van der Waals surface area contributed by atoms with E-state index in [0.29, 0.717) is 5.69 Å². The lowest BCUT2D eigenvalue weighted by molar-refractivity contribution is -0.119. The summed E-state index contributed by atoms with van der Waals surface area (Å²) in [5, 5.41) is 0. The smallest absolute Gasteiger partial charge is 0.258 e. The molecule has 0 N–H and O–H groups in total. The zero-order valence-corrected chi connectivity index (χ0v) is 11.6. The number of para-hydroxylation sites is 1. The Morgan fingerprint density at radius 1 is 0.762 bits per heavy atom. The van der Waals surface area contributed by atoms with Crippen molar-refractivity contribution in [2.24, 2.45) is 0 Å². The molecular weight excluding hydrogens is 264 g/mol. The lowest BCUT2D eigenvalue weighted by atomic mass is 10.2. The number of hydrogen-bond acceptors (Lipinski definition) is 3. The summed E-state index contributed by atoms with van der Waals surface area (Å²) in [4.78, 5) is 26.5. The van der Waals surface area contributed by atoms with Crippen LogP contribution in [-0.4, -0.2) is 18.9 Å². The highest BCUT2D eigenvalue weighted by Crippen LogP contribution is 2.26. The quantitative estimate of drug-likeness (QED) is 0.811. The Morgan fingerprint density at radius 3 is 1.86 bits per heavy atom. The van der Waals surface area contributed by atoms with Gasteiger partial charge in [-0.3, -0.25) is 9.59 Å². The van der Waals surface area contributed by atoms with Crippen molar-refractivity contribution in [1.29, 1.82) is 0 Å². The molecule has 0 saturated heterocycles. The van der Waals surface area contributed by atoms with Crippen molar-refractivity contribution in [2.75, 3.05) is 16.8 Å². The minimum Gasteiger partial charge on any atom is -0.345 e. The molecule has 2 aromatic carbocycles. The average molecular weight is 278 g/mol. The number of rotatable bonds is 3. The molecular formula is C17H14N2O2. The Morgan fingerprint density at radius 2 is 1.29 bits per heavy atom. The number of nitrogens with zero attached hydrogens (tertiary/aromatic N) is 2. The van der Waals surface area contributed by atoms with E-state index in [2.05, 4.69) is 0 Å². The molecule has 2 aromatic rings. The van der Waals surface area contributed by atoms with Crippen LogP contribution in [0.3, 0.4) is 0 Å². The van der Waals surface area contributed by atoms with Gasteiger partial charge in [0.25, 0.3) is 11.8 Å². The zero-order chi connectivity index (χ0) is 14.8. The van der Waals surface area contributed by atoms with Gasteiger partial charge in [0.1, 0.15) is 0 Å². The molecule has 1 heterocycles. The molecule has 0 atom stereocenters. The molecule has 1 aliphatic rings. The third-order valence-corrected chi connectivity index (χ3v) is 3.45. The zero-order valence-electron chi connectivity index (χ0n) is 11.6. The second-order valence-corrected chi connectivity index (χ2v) is 4.76. The molecule has 0 unspecified atom stereocenters. The summed E-state index contributed by atoms with van der Waals surface area (Å²) in [6.07, 6.45) is 2.57. The third kappa shape index (κ3) is 2.43. The molecule has 4 nitrogen and oxygen atoms in total. The van der Waals surface area contributed by atoms with Crippen molar-refractivity contribution in [1.82, 2.24) is 0 Å². The predicted molar refractivity (Wildman–Crippen MR) is 82.6 cm³/mol. The first kappa shape index (κ1) is 13.1. The van der Waals surface area contributed by atoms with Crippen LogP contribution < -0.4 is 9.80 Å². The highest BCUT2D eigenvalue weighted by molar-refractivity contribution is 6.28. The molecule has 0 aromatic heterocycles. The van der Waals surface area contributed by atoms with E-state index in [1.54, 1.807) is 12.1 Å². The van der Waals surface area contributed by atoms with Crippen molar-refractivity contribution >= 4 is 28.9 Å². The number of carbonyl (C=O) groups is 2. The molecule has 0 bridgehead atoms. The summed E-state index contributed by atoms with van der Waals surface area (Å²) in [5.41, 5.74) is 2.64. The van der Waals surface area contributed by atoms with Gasteiger partial charge in [-0.2, -0.15) is 0 Å². The fraction of sp³-hybridized carbons (Fsp3) is 0.0588. The number of benzene rings is 2. The van der Waals surface area contributed by atoms with Crippen LogP contribution in [0.5, 0.6) is 0 Å². The Hall–Kier alpha value is -2.88. The topological polar surface area (TPSA) is 40.6 Å². The monoisotopic (exact) mass is 278 g/mol. The van der Waals surface area contributed by atoms with Crippen LogP contribution in [0.4, 0.5) is 17.1 Å². The van der Waals surface area contributed by atoms with Gasteiger partial charge in [0, 0.05) is 30.6 Å². The summed E-state index contributed by atoms with van der Waals surface area (Å²) < 4.78 is 0. The van der Waals surface area contributed by atoms with E-state index < -0.39 is 0 Å². The van der Waals surface area contributed by atoms with Crippen molar-refractivity contribution in [3.8, 4) is 0 Å². The molecule has 1 aliphatic heterocycles. The van der Waals surface area contributed by atoms with E-state index in [1.807, 2.05) is 54.4 Å². The minimum absolute atomic E-state index is 0.302. The van der Waals surface area contributed by atoms with Crippen molar-refractivity contribution in [3.05, 3.63) is 66.7 Å². The molecule has 0 saturated carbocycles. The van der Waals surface area contributed by atoms with Crippen molar-refractivity contribution in [3.63, 3.8) is 0 Å². The maximum absolute atomic E-state index is 11.6. The fourth-order valence-electron chi connectivity index (χ4n) is 2.28. The molecule has 0 fully saturated rings. The largest absolute Gasteiger partial charge is 0.345 e. The standard InChI is InChI=1S/C17H14N2O2/c1-18(13-5-3-2-4-6-13)14-7-9-15(10-8-14)19-16(20)11-12-17(19)21/h2-12H,1H3. The number of anilines is 3. The Balaban J connectivity index is 1.85. The summed E-state index contributed by atoms with van der Waals surface area (Å²) in [6.45, 7) is 0. The predicted octanol–water partition coefficient (Wildman–Crippen LogP) is 2.88. The maximum Gasteiger partial charge on any atom is 0.258 e. The molecule has 104 valence electrons. The Labute approximate surface area is 122 Å². The van der Waals surface area contributed by atoms with Gasteiger partial charge >= 0.3 is 0 Å². The van der Waals surface area contributed by atoms with E-state index in [4.69, 9.17) is 0 Å². The number of imide groups is 1. The lowest BCUT2D eigenvalue weighted by Crippen LogP contribution is -2.29. The van der Waals surface area contributed by atoms with Gasteiger partial charge in [-0.1, -0.05) is 18.2 Å². The normalized spacial score (nSPS) is 13.9. The second kappa shape index (κ2) is 5.25. The summed E-state index contributed by atoms with van der Waals surface area (Å²) >= 11 is 0. The van der Waals surface area contributed by atoms with Crippen molar-refractivity contribution in [2.45, 2.75) is 0 Å². The molecule has 3 rings (SSSR count). The van der Waals surface area contributed by atoms with Crippen LogP contribution >= 0.6 is 0 Å². The summed E-state index contributed by atoms with van der Waals surface area (Å²) in [5.74, 6) is -0.603. The minimum atomic E-state index is -0.302. The molecule has 0 radical (unpaired) electrons. The van der Waals surface area contributed by atoms with Crippen LogP contribution in [0.2, 0.25) is 0 Å². The third-order valence-electron chi connectivity index (χ3n) is 3.45. The van der Waals surface area contributed by atoms with Gasteiger partial charge in [0.05, 0.1) is 5.69 Å². The first-order valence-electron chi connectivity index (χ1n) is 6.62. The van der Waals surface area contributed by atoms with Crippen LogP contribution in [0.25, 0.3) is 0 Å². The first-order chi connectivity index (χ1) is 10.2. The summed E-state index contributed by atoms with van der Waals surface area (Å²) in [6, 6.07) is 17.3. The molecule has 0 spiro atoms. The highest BCUT2D eigenvalue weighted by atomic mass is 16.2. The molecule has 2 amide bonds. The van der Waals surface area contributed by atoms with E-state index in [-0.39, 0.29) is 11.8 Å². The van der Waals surface area contributed by atoms with Crippen LogP contribution in [0.1, 0.15) is 0 Å². The lowest BCUT2D eigenvalue weighted by Gasteiger charge is -2.21. The number of amides is 2. The maximum atomic E-state index is 11.6. The fourth-order valence-corrected chi connectivity index (χ4v) is 2.28. The van der Waals surface area contributed by atoms with E-state index in [1.165, 1.54) is 12.2 Å². The number of hydrogen-bond donors (Lipinski definition) is 0. The van der Waals surface area contributed by atoms with E-state index in [0.717, 1.165) is 16.3 Å². The van der Waals surface area contributed by atoms with E-state index in [9.17, 15) is 9.59 Å². The molecule has 4 heteroatoms. The summed E-state index contributed by atoms with van der Waals surface area (Å²) in [7, 11) is 1.97. The van der Waals surface area contributed by atoms with Crippen LogP contribution in [0, 0.1) is 0 Å². The highest BCUT2D eigenvalue weighted by Gasteiger charge is 2.24. The van der Waals surface area contributed by atoms with Gasteiger partial charge in [0.15, 0.2) is 0 Å². The second-order valence-electron chi connectivity index (χ2n) is 4.76. The van der Waals surface area contributed by atoms with E-state index >= 15 is 0 Å². The average Bonchev–Trinajstić information content (AvgIpc) is 2.87. The SMILES string of the molecule is CN(c1ccccc1)c1ccc(N2C(=O)C=CC2=O)cc1. The van der Waals surface area contributed by atoms with Gasteiger partial charge in [-0.25, -0.2) is 4.90 Å². The molecule has 21 heavy (non-hydrogen) atoms. The van der Waals surface area contributed by atoms with Crippen molar-refractivity contribution < 1.29 is 9.59 Å². The van der Waals surface area contributed by atoms with Crippen LogP contribution in [-0.2, 0) is 9.59 Å². The van der Waals surface area contributed by atoms with Gasteiger partial charge in [-0.05, 0) is 36.4 Å². The Bertz CT molecular complexity index is 687. The Kier molecular flexibility index (Phi) is 3.28. The van der Waals surface area contributed by atoms with Gasteiger partial charge < -0.3 is 4.90 Å². The molecule has 0 aliphatic carbocycles. The number of carbonyl (C=O) groups excluding carboxylic acids is 2.